The summed E-state index contributed by atoms with van der Waals surface area (Å²) in [5, 5.41) is 0. The molecule has 0 N–H and O–H groups in total. The number of likely N-dealkylation sites (tertiary alicyclic amines) is 1. The lowest BCUT2D eigenvalue weighted by atomic mass is 9.94. The van der Waals surface area contributed by atoms with E-state index >= 15 is 0 Å². The number of amides is 2. The van der Waals surface area contributed by atoms with Crippen molar-refractivity contribution in [1.82, 2.24) is 4.90 Å². The van der Waals surface area contributed by atoms with Crippen LogP contribution < -0.4 is 0 Å². The van der Waals surface area contributed by atoms with Gasteiger partial charge in [-0.2, -0.15) is 0 Å². The Balaban J connectivity index is 2.26. The van der Waals surface area contributed by atoms with Gasteiger partial charge in [-0.05, 0) is 25.2 Å². The molecular weight excluding hydrogens is 266 g/mol. The standard InChI is InChI=1S/C17H29NO3/c1-5-13(4)15(19)9-7-6-8-10-18-16(20)11-14(12(2)3)17(18)21/h12-14H,5-11H2,1-4H3. The minimum Gasteiger partial charge on any atom is -0.299 e. The van der Waals surface area contributed by atoms with E-state index in [1.54, 1.807) is 0 Å². The molecule has 21 heavy (non-hydrogen) atoms. The molecule has 0 bridgehead atoms. The van der Waals surface area contributed by atoms with Gasteiger partial charge in [0.25, 0.3) is 0 Å². The second-order valence-electron chi connectivity index (χ2n) is 6.52. The maximum Gasteiger partial charge on any atom is 0.233 e. The first-order chi connectivity index (χ1) is 9.88. The summed E-state index contributed by atoms with van der Waals surface area (Å²) in [4.78, 5) is 37.1. The molecule has 1 aliphatic rings. The topological polar surface area (TPSA) is 54.5 Å². The first kappa shape index (κ1) is 17.9. The highest BCUT2D eigenvalue weighted by Crippen LogP contribution is 2.26. The molecular formula is C17H29NO3. The van der Waals surface area contributed by atoms with Gasteiger partial charge in [0, 0.05) is 31.2 Å². The Hall–Kier alpha value is -1.19. The fourth-order valence-electron chi connectivity index (χ4n) is 2.68. The summed E-state index contributed by atoms with van der Waals surface area (Å²) in [6, 6.07) is 0. The molecule has 2 amide bonds. The lowest BCUT2D eigenvalue weighted by molar-refractivity contribution is -0.139. The first-order valence-corrected chi connectivity index (χ1v) is 8.25. The van der Waals surface area contributed by atoms with Crippen LogP contribution in [0.15, 0.2) is 0 Å². The van der Waals surface area contributed by atoms with E-state index in [0.29, 0.717) is 25.2 Å². The smallest absolute Gasteiger partial charge is 0.233 e. The molecule has 4 heteroatoms. The van der Waals surface area contributed by atoms with Crippen LogP contribution in [0.25, 0.3) is 0 Å². The van der Waals surface area contributed by atoms with E-state index in [2.05, 4.69) is 0 Å². The van der Waals surface area contributed by atoms with E-state index in [1.807, 2.05) is 27.7 Å². The quantitative estimate of drug-likeness (QED) is 0.485. The van der Waals surface area contributed by atoms with E-state index in [-0.39, 0.29) is 29.6 Å². The van der Waals surface area contributed by atoms with E-state index < -0.39 is 0 Å². The van der Waals surface area contributed by atoms with Crippen LogP contribution in [0.1, 0.15) is 66.2 Å². The zero-order chi connectivity index (χ0) is 16.0. The average Bonchev–Trinajstić information content (AvgIpc) is 2.73. The number of hydrogen-bond acceptors (Lipinski definition) is 3. The van der Waals surface area contributed by atoms with Gasteiger partial charge in [-0.3, -0.25) is 19.3 Å². The molecule has 1 heterocycles. The largest absolute Gasteiger partial charge is 0.299 e. The molecule has 1 rings (SSSR count). The van der Waals surface area contributed by atoms with Crippen LogP contribution in [0, 0.1) is 17.8 Å². The number of nitrogens with zero attached hydrogens (tertiary/aromatic N) is 1. The van der Waals surface area contributed by atoms with Crippen molar-refractivity contribution in [3.63, 3.8) is 0 Å². The summed E-state index contributed by atoms with van der Waals surface area (Å²) < 4.78 is 0. The van der Waals surface area contributed by atoms with Crippen molar-refractivity contribution in [2.45, 2.75) is 66.2 Å². The highest BCUT2D eigenvalue weighted by molar-refractivity contribution is 6.03. The molecule has 4 nitrogen and oxygen atoms in total. The van der Waals surface area contributed by atoms with Gasteiger partial charge in [-0.15, -0.1) is 0 Å². The van der Waals surface area contributed by atoms with Crippen molar-refractivity contribution in [2.75, 3.05) is 6.54 Å². The molecule has 1 saturated heterocycles. The molecule has 1 aliphatic heterocycles. The van der Waals surface area contributed by atoms with Crippen LogP contribution in [0.4, 0.5) is 0 Å². The Kier molecular flexibility index (Phi) is 7.06. The predicted octanol–water partition coefficient (Wildman–Crippen LogP) is 3.19. The highest BCUT2D eigenvalue weighted by atomic mass is 16.2. The van der Waals surface area contributed by atoms with Crippen molar-refractivity contribution in [3.8, 4) is 0 Å². The third-order valence-corrected chi connectivity index (χ3v) is 4.55. The Labute approximate surface area is 128 Å². The molecule has 0 aromatic heterocycles. The average molecular weight is 295 g/mol. The molecule has 0 saturated carbocycles. The van der Waals surface area contributed by atoms with Crippen LogP contribution in [-0.4, -0.2) is 29.0 Å². The van der Waals surface area contributed by atoms with Crippen LogP contribution in [0.2, 0.25) is 0 Å². The summed E-state index contributed by atoms with van der Waals surface area (Å²) in [6.45, 7) is 8.48. The molecule has 2 unspecified atom stereocenters. The van der Waals surface area contributed by atoms with Crippen LogP contribution in [0.5, 0.6) is 0 Å². The number of Topliss-reactive ketones (excluding diaryl/α,β-unsaturated/α-hetero) is 1. The number of ketones is 1. The van der Waals surface area contributed by atoms with Gasteiger partial charge in [0.15, 0.2) is 0 Å². The number of carbonyl (C=O) groups excluding carboxylic acids is 3. The summed E-state index contributed by atoms with van der Waals surface area (Å²) in [5.41, 5.74) is 0. The fourth-order valence-corrected chi connectivity index (χ4v) is 2.68. The van der Waals surface area contributed by atoms with Crippen molar-refractivity contribution >= 4 is 17.6 Å². The molecule has 2 atom stereocenters. The number of imide groups is 1. The zero-order valence-electron chi connectivity index (χ0n) is 13.9. The lowest BCUT2D eigenvalue weighted by Gasteiger charge is -2.16. The predicted molar refractivity (Wildman–Crippen MR) is 82.6 cm³/mol. The molecule has 0 aromatic carbocycles. The number of hydrogen-bond donors (Lipinski definition) is 0. The first-order valence-electron chi connectivity index (χ1n) is 8.25. The molecule has 0 aromatic rings. The van der Waals surface area contributed by atoms with Gasteiger partial charge in [-0.1, -0.05) is 34.1 Å². The van der Waals surface area contributed by atoms with Gasteiger partial charge >= 0.3 is 0 Å². The highest BCUT2D eigenvalue weighted by Gasteiger charge is 2.39. The summed E-state index contributed by atoms with van der Waals surface area (Å²) in [7, 11) is 0. The summed E-state index contributed by atoms with van der Waals surface area (Å²) >= 11 is 0. The van der Waals surface area contributed by atoms with Gasteiger partial charge in [0.1, 0.15) is 5.78 Å². The molecule has 0 radical (unpaired) electrons. The minimum absolute atomic E-state index is 0.00863. The molecule has 0 aliphatic carbocycles. The van der Waals surface area contributed by atoms with Crippen molar-refractivity contribution in [1.29, 1.82) is 0 Å². The van der Waals surface area contributed by atoms with Crippen molar-refractivity contribution in [2.24, 2.45) is 17.8 Å². The number of carbonyl (C=O) groups is 3. The zero-order valence-corrected chi connectivity index (χ0v) is 13.9. The molecule has 0 spiro atoms. The second kappa shape index (κ2) is 8.30. The second-order valence-corrected chi connectivity index (χ2v) is 6.52. The van der Waals surface area contributed by atoms with Gasteiger partial charge in [0.2, 0.25) is 11.8 Å². The SMILES string of the molecule is CCC(C)C(=O)CCCCCN1C(=O)CC(C(C)C)C1=O. The monoisotopic (exact) mass is 295 g/mol. The fraction of sp³-hybridized carbons (Fsp3) is 0.824. The van der Waals surface area contributed by atoms with E-state index in [4.69, 9.17) is 0 Å². The molecule has 120 valence electrons. The van der Waals surface area contributed by atoms with Gasteiger partial charge in [0.05, 0.1) is 0 Å². The van der Waals surface area contributed by atoms with Crippen LogP contribution >= 0.6 is 0 Å². The number of rotatable bonds is 9. The third kappa shape index (κ3) is 4.94. The van der Waals surface area contributed by atoms with Crippen LogP contribution in [-0.2, 0) is 14.4 Å². The Morgan fingerprint density at radius 3 is 2.38 bits per heavy atom. The number of unbranched alkanes of at least 4 members (excludes halogenated alkanes) is 2. The van der Waals surface area contributed by atoms with Crippen molar-refractivity contribution in [3.05, 3.63) is 0 Å². The van der Waals surface area contributed by atoms with Gasteiger partial charge < -0.3 is 0 Å². The van der Waals surface area contributed by atoms with E-state index in [9.17, 15) is 14.4 Å². The minimum atomic E-state index is -0.135. The normalized spacial score (nSPS) is 20.4. The maximum absolute atomic E-state index is 12.1. The van der Waals surface area contributed by atoms with E-state index in [1.165, 1.54) is 4.90 Å². The molecule has 1 fully saturated rings. The van der Waals surface area contributed by atoms with Gasteiger partial charge in [-0.25, -0.2) is 0 Å². The van der Waals surface area contributed by atoms with Crippen LogP contribution in [0.3, 0.4) is 0 Å². The summed E-state index contributed by atoms with van der Waals surface area (Å²) in [5.74, 6) is 0.522. The summed E-state index contributed by atoms with van der Waals surface area (Å²) in [6.07, 6.45) is 4.43. The van der Waals surface area contributed by atoms with E-state index in [0.717, 1.165) is 25.7 Å². The Bertz CT molecular complexity index is 389. The Morgan fingerprint density at radius 2 is 1.86 bits per heavy atom. The van der Waals surface area contributed by atoms with Crippen molar-refractivity contribution < 1.29 is 14.4 Å². The third-order valence-electron chi connectivity index (χ3n) is 4.55. The Morgan fingerprint density at radius 1 is 1.19 bits per heavy atom. The lowest BCUT2D eigenvalue weighted by Crippen LogP contribution is -2.32. The maximum atomic E-state index is 12.1.